The second-order valence-corrected chi connectivity index (χ2v) is 5.83. The molecule has 1 N–H and O–H groups in total. The molecule has 0 bridgehead atoms. The lowest BCUT2D eigenvalue weighted by Gasteiger charge is -2.18. The van der Waals surface area contributed by atoms with Gasteiger partial charge in [0.05, 0.1) is 10.5 Å². The average Bonchev–Trinajstić information content (AvgIpc) is 2.33. The first-order valence-corrected chi connectivity index (χ1v) is 7.14. The van der Waals surface area contributed by atoms with Gasteiger partial charge < -0.3 is 5.32 Å². The molecule has 1 unspecified atom stereocenters. The standard InChI is InChI=1S/C14H11BrCl2FN/c1-19-14(8-2-3-13(18)12(15)6-8)9-4-10(16)7-11(17)5-9/h2-7,14,19H,1H3. The lowest BCUT2D eigenvalue weighted by molar-refractivity contribution is 0.616. The molecule has 0 amide bonds. The van der Waals surface area contributed by atoms with Crippen molar-refractivity contribution in [1.82, 2.24) is 5.32 Å². The molecule has 2 aromatic rings. The summed E-state index contributed by atoms with van der Waals surface area (Å²) in [7, 11) is 1.83. The Morgan fingerprint density at radius 3 is 2.21 bits per heavy atom. The smallest absolute Gasteiger partial charge is 0.137 e. The molecular weight excluding hydrogens is 352 g/mol. The highest BCUT2D eigenvalue weighted by Crippen LogP contribution is 2.29. The first kappa shape index (κ1) is 14.8. The monoisotopic (exact) mass is 361 g/mol. The maximum atomic E-state index is 13.3. The summed E-state index contributed by atoms with van der Waals surface area (Å²) in [5, 5.41) is 4.32. The SMILES string of the molecule is CNC(c1cc(Cl)cc(Cl)c1)c1ccc(F)c(Br)c1. The van der Waals surface area contributed by atoms with Gasteiger partial charge in [-0.05, 0) is 64.4 Å². The zero-order valence-electron chi connectivity index (χ0n) is 10.1. The van der Waals surface area contributed by atoms with E-state index in [0.29, 0.717) is 14.5 Å². The zero-order chi connectivity index (χ0) is 14.0. The van der Waals surface area contributed by atoms with Gasteiger partial charge in [-0.2, -0.15) is 0 Å². The van der Waals surface area contributed by atoms with Gasteiger partial charge in [0, 0.05) is 10.0 Å². The van der Waals surface area contributed by atoms with Crippen LogP contribution in [0, 0.1) is 5.82 Å². The first-order chi connectivity index (χ1) is 9.01. The Hall–Kier alpha value is -0.610. The van der Waals surface area contributed by atoms with E-state index in [0.717, 1.165) is 11.1 Å². The van der Waals surface area contributed by atoms with Gasteiger partial charge in [0.2, 0.25) is 0 Å². The van der Waals surface area contributed by atoms with Crippen LogP contribution in [-0.4, -0.2) is 7.05 Å². The molecule has 0 radical (unpaired) electrons. The molecule has 2 aromatic carbocycles. The predicted molar refractivity (Wildman–Crippen MR) is 81.5 cm³/mol. The van der Waals surface area contributed by atoms with Gasteiger partial charge in [0.15, 0.2) is 0 Å². The van der Waals surface area contributed by atoms with E-state index >= 15 is 0 Å². The lowest BCUT2D eigenvalue weighted by Crippen LogP contribution is -2.17. The van der Waals surface area contributed by atoms with Crippen LogP contribution in [-0.2, 0) is 0 Å². The molecule has 0 fully saturated rings. The third-order valence-corrected chi connectivity index (χ3v) is 3.83. The van der Waals surface area contributed by atoms with Crippen LogP contribution in [0.2, 0.25) is 10.0 Å². The second-order valence-electron chi connectivity index (χ2n) is 4.10. The van der Waals surface area contributed by atoms with Crippen LogP contribution < -0.4 is 5.32 Å². The molecule has 0 aromatic heterocycles. The molecular formula is C14H11BrCl2FN. The highest BCUT2D eigenvalue weighted by atomic mass is 79.9. The second kappa shape index (κ2) is 6.23. The van der Waals surface area contributed by atoms with Gasteiger partial charge in [-0.25, -0.2) is 4.39 Å². The lowest BCUT2D eigenvalue weighted by atomic mass is 9.99. The topological polar surface area (TPSA) is 12.0 Å². The summed E-state index contributed by atoms with van der Waals surface area (Å²) in [6.07, 6.45) is 0. The van der Waals surface area contributed by atoms with E-state index in [4.69, 9.17) is 23.2 Å². The van der Waals surface area contributed by atoms with Crippen molar-refractivity contribution in [2.24, 2.45) is 0 Å². The van der Waals surface area contributed by atoms with Crippen molar-refractivity contribution in [2.75, 3.05) is 7.05 Å². The van der Waals surface area contributed by atoms with E-state index in [9.17, 15) is 4.39 Å². The van der Waals surface area contributed by atoms with Crippen molar-refractivity contribution in [2.45, 2.75) is 6.04 Å². The fraction of sp³-hybridized carbons (Fsp3) is 0.143. The van der Waals surface area contributed by atoms with Crippen molar-refractivity contribution in [3.8, 4) is 0 Å². The van der Waals surface area contributed by atoms with Crippen molar-refractivity contribution in [1.29, 1.82) is 0 Å². The van der Waals surface area contributed by atoms with E-state index in [2.05, 4.69) is 21.2 Å². The molecule has 0 saturated carbocycles. The Balaban J connectivity index is 2.46. The zero-order valence-corrected chi connectivity index (χ0v) is 13.2. The summed E-state index contributed by atoms with van der Waals surface area (Å²) >= 11 is 15.2. The molecule has 0 aliphatic carbocycles. The third-order valence-electron chi connectivity index (χ3n) is 2.78. The molecule has 100 valence electrons. The van der Waals surface area contributed by atoms with E-state index in [1.54, 1.807) is 18.2 Å². The molecule has 2 rings (SSSR count). The third kappa shape index (κ3) is 3.48. The maximum absolute atomic E-state index is 13.3. The Bertz CT molecular complexity index is 584. The summed E-state index contributed by atoms with van der Waals surface area (Å²) in [6, 6.07) is 10.2. The van der Waals surface area contributed by atoms with Crippen LogP contribution in [0.1, 0.15) is 17.2 Å². The van der Waals surface area contributed by atoms with Crippen molar-refractivity contribution in [3.05, 3.63) is 67.9 Å². The fourth-order valence-electron chi connectivity index (χ4n) is 1.96. The Morgan fingerprint density at radius 1 is 1.05 bits per heavy atom. The summed E-state index contributed by atoms with van der Waals surface area (Å²) < 4.78 is 13.7. The van der Waals surface area contributed by atoms with Gasteiger partial charge in [-0.1, -0.05) is 29.3 Å². The largest absolute Gasteiger partial charge is 0.309 e. The van der Waals surface area contributed by atoms with Crippen LogP contribution in [0.15, 0.2) is 40.9 Å². The highest BCUT2D eigenvalue weighted by Gasteiger charge is 2.14. The molecule has 5 heteroatoms. The van der Waals surface area contributed by atoms with E-state index in [-0.39, 0.29) is 11.9 Å². The van der Waals surface area contributed by atoms with Crippen molar-refractivity contribution in [3.63, 3.8) is 0 Å². The van der Waals surface area contributed by atoms with Crippen LogP contribution >= 0.6 is 39.1 Å². The molecule has 0 aliphatic rings. The van der Waals surface area contributed by atoms with E-state index in [1.807, 2.05) is 19.2 Å². The highest BCUT2D eigenvalue weighted by molar-refractivity contribution is 9.10. The van der Waals surface area contributed by atoms with E-state index in [1.165, 1.54) is 6.07 Å². The maximum Gasteiger partial charge on any atom is 0.137 e. The summed E-state index contributed by atoms with van der Waals surface area (Å²) in [4.78, 5) is 0. The molecule has 1 atom stereocenters. The number of benzene rings is 2. The van der Waals surface area contributed by atoms with Gasteiger partial charge in [0.1, 0.15) is 5.82 Å². The van der Waals surface area contributed by atoms with Crippen molar-refractivity contribution >= 4 is 39.1 Å². The van der Waals surface area contributed by atoms with E-state index < -0.39 is 0 Å². The molecule has 0 aliphatic heterocycles. The molecule has 0 spiro atoms. The number of rotatable bonds is 3. The number of nitrogens with one attached hydrogen (secondary N) is 1. The Labute approximate surface area is 129 Å². The van der Waals surface area contributed by atoms with Gasteiger partial charge in [0.25, 0.3) is 0 Å². The van der Waals surface area contributed by atoms with Gasteiger partial charge in [-0.15, -0.1) is 0 Å². The molecule has 0 heterocycles. The van der Waals surface area contributed by atoms with Gasteiger partial charge >= 0.3 is 0 Å². The average molecular weight is 363 g/mol. The van der Waals surface area contributed by atoms with Crippen LogP contribution in [0.25, 0.3) is 0 Å². The minimum Gasteiger partial charge on any atom is -0.309 e. The van der Waals surface area contributed by atoms with Crippen LogP contribution in [0.4, 0.5) is 4.39 Å². The van der Waals surface area contributed by atoms with Gasteiger partial charge in [-0.3, -0.25) is 0 Å². The van der Waals surface area contributed by atoms with Crippen LogP contribution in [0.3, 0.4) is 0 Å². The number of hydrogen-bond donors (Lipinski definition) is 1. The van der Waals surface area contributed by atoms with Crippen LogP contribution in [0.5, 0.6) is 0 Å². The Kier molecular flexibility index (Phi) is 4.85. The Morgan fingerprint density at radius 2 is 1.68 bits per heavy atom. The minimum absolute atomic E-state index is 0.104. The summed E-state index contributed by atoms with van der Waals surface area (Å²) in [6.45, 7) is 0. The summed E-state index contributed by atoms with van der Waals surface area (Å²) in [5.74, 6) is -0.289. The quantitative estimate of drug-likeness (QED) is 0.790. The normalized spacial score (nSPS) is 12.5. The summed E-state index contributed by atoms with van der Waals surface area (Å²) in [5.41, 5.74) is 1.85. The number of hydrogen-bond acceptors (Lipinski definition) is 1. The first-order valence-electron chi connectivity index (χ1n) is 5.59. The fourth-order valence-corrected chi connectivity index (χ4v) is 2.90. The van der Waals surface area contributed by atoms with Crippen molar-refractivity contribution < 1.29 is 4.39 Å². The molecule has 1 nitrogen and oxygen atoms in total. The number of halogens is 4. The minimum atomic E-state index is -0.289. The molecule has 0 saturated heterocycles. The molecule has 19 heavy (non-hydrogen) atoms. The predicted octanol–water partition coefficient (Wildman–Crippen LogP) is 5.20.